The molecule has 20 heavy (non-hydrogen) atoms. The molecule has 0 saturated carbocycles. The lowest BCUT2D eigenvalue weighted by Gasteiger charge is -2.00. The fraction of sp³-hybridized carbons (Fsp3) is 0.308. The fourth-order valence-corrected chi connectivity index (χ4v) is 1.64. The van der Waals surface area contributed by atoms with Gasteiger partial charge in [0.05, 0.1) is 12.7 Å². The van der Waals surface area contributed by atoms with Gasteiger partial charge in [-0.25, -0.2) is 4.68 Å². The van der Waals surface area contributed by atoms with Crippen molar-refractivity contribution in [2.75, 3.05) is 13.1 Å². The maximum atomic E-state index is 11.7. The highest BCUT2D eigenvalue weighted by molar-refractivity contribution is 5.91. The predicted molar refractivity (Wildman–Crippen MR) is 78.8 cm³/mol. The Hall–Kier alpha value is -1.92. The second kappa shape index (κ2) is 8.29. The Bertz CT molecular complexity index is 529. The molecular formula is C13H18ClN5O. The molecule has 0 fully saturated rings. The highest BCUT2D eigenvalue weighted by Crippen LogP contribution is 2.02. The van der Waals surface area contributed by atoms with Crippen LogP contribution in [0, 0.1) is 0 Å². The molecule has 0 aliphatic rings. The van der Waals surface area contributed by atoms with Gasteiger partial charge in [0.25, 0.3) is 5.91 Å². The van der Waals surface area contributed by atoms with Crippen molar-refractivity contribution in [3.8, 4) is 0 Å². The minimum absolute atomic E-state index is 0. The molecule has 2 aromatic rings. The van der Waals surface area contributed by atoms with Crippen LogP contribution in [0.25, 0.3) is 0 Å². The van der Waals surface area contributed by atoms with E-state index < -0.39 is 0 Å². The number of nitrogens with zero attached hydrogens (tertiary/aromatic N) is 3. The molecule has 0 saturated heterocycles. The monoisotopic (exact) mass is 295 g/mol. The number of nitrogens with two attached hydrogens (primary N) is 1. The summed E-state index contributed by atoms with van der Waals surface area (Å²) in [7, 11) is 0. The third kappa shape index (κ3) is 4.64. The van der Waals surface area contributed by atoms with E-state index in [4.69, 9.17) is 5.73 Å². The number of nitrogens with one attached hydrogen (secondary N) is 1. The largest absolute Gasteiger partial charge is 0.351 e. The van der Waals surface area contributed by atoms with E-state index in [0.717, 1.165) is 12.0 Å². The van der Waals surface area contributed by atoms with Crippen molar-refractivity contribution in [2.24, 2.45) is 5.73 Å². The van der Waals surface area contributed by atoms with Gasteiger partial charge in [-0.1, -0.05) is 35.5 Å². The molecule has 0 unspecified atom stereocenters. The second-order valence-electron chi connectivity index (χ2n) is 4.19. The van der Waals surface area contributed by atoms with Crippen LogP contribution in [0.3, 0.4) is 0 Å². The Morgan fingerprint density at radius 3 is 2.75 bits per heavy atom. The summed E-state index contributed by atoms with van der Waals surface area (Å²) in [5.41, 5.74) is 6.80. The van der Waals surface area contributed by atoms with Gasteiger partial charge in [-0.3, -0.25) is 4.79 Å². The Kier molecular flexibility index (Phi) is 6.69. The Morgan fingerprint density at radius 1 is 1.30 bits per heavy atom. The zero-order valence-electron chi connectivity index (χ0n) is 11.0. The van der Waals surface area contributed by atoms with E-state index in [1.165, 1.54) is 0 Å². The van der Waals surface area contributed by atoms with Crippen LogP contribution in [-0.2, 0) is 6.54 Å². The van der Waals surface area contributed by atoms with Gasteiger partial charge in [-0.05, 0) is 18.5 Å². The summed E-state index contributed by atoms with van der Waals surface area (Å²) in [5, 5.41) is 10.5. The van der Waals surface area contributed by atoms with Crippen molar-refractivity contribution >= 4 is 18.3 Å². The first kappa shape index (κ1) is 16.1. The minimum Gasteiger partial charge on any atom is -0.351 e. The molecule has 0 aliphatic heterocycles. The molecule has 0 atom stereocenters. The van der Waals surface area contributed by atoms with Crippen molar-refractivity contribution in [1.82, 2.24) is 20.3 Å². The topological polar surface area (TPSA) is 85.8 Å². The zero-order chi connectivity index (χ0) is 13.5. The van der Waals surface area contributed by atoms with Crippen LogP contribution in [0.15, 0.2) is 36.5 Å². The van der Waals surface area contributed by atoms with Gasteiger partial charge in [-0.15, -0.1) is 17.5 Å². The first-order chi connectivity index (χ1) is 9.29. The number of halogens is 1. The summed E-state index contributed by atoms with van der Waals surface area (Å²) >= 11 is 0. The van der Waals surface area contributed by atoms with Gasteiger partial charge in [0, 0.05) is 6.54 Å². The lowest BCUT2D eigenvalue weighted by Crippen LogP contribution is -2.26. The molecule has 1 aromatic carbocycles. The van der Waals surface area contributed by atoms with Crippen LogP contribution >= 0.6 is 12.4 Å². The van der Waals surface area contributed by atoms with Crippen LogP contribution in [0.4, 0.5) is 0 Å². The molecule has 1 amide bonds. The van der Waals surface area contributed by atoms with Crippen LogP contribution in [0.5, 0.6) is 0 Å². The van der Waals surface area contributed by atoms with Crippen LogP contribution in [-0.4, -0.2) is 34.0 Å². The molecule has 2 rings (SSSR count). The van der Waals surface area contributed by atoms with Gasteiger partial charge in [0.2, 0.25) is 0 Å². The van der Waals surface area contributed by atoms with Gasteiger partial charge in [0.1, 0.15) is 0 Å². The zero-order valence-corrected chi connectivity index (χ0v) is 11.8. The van der Waals surface area contributed by atoms with Gasteiger partial charge >= 0.3 is 0 Å². The lowest BCUT2D eigenvalue weighted by molar-refractivity contribution is 0.0948. The average molecular weight is 296 g/mol. The molecule has 0 aliphatic carbocycles. The quantitative estimate of drug-likeness (QED) is 0.773. The summed E-state index contributed by atoms with van der Waals surface area (Å²) < 4.78 is 1.65. The molecule has 0 bridgehead atoms. The molecular weight excluding hydrogens is 278 g/mol. The smallest absolute Gasteiger partial charge is 0.273 e. The number of hydrogen-bond donors (Lipinski definition) is 2. The fourth-order valence-electron chi connectivity index (χ4n) is 1.64. The van der Waals surface area contributed by atoms with Gasteiger partial charge in [0.15, 0.2) is 5.69 Å². The van der Waals surface area contributed by atoms with Crippen LogP contribution in [0.1, 0.15) is 22.5 Å². The number of amides is 1. The van der Waals surface area contributed by atoms with E-state index in [-0.39, 0.29) is 18.3 Å². The number of hydrogen-bond acceptors (Lipinski definition) is 4. The number of rotatable bonds is 6. The maximum absolute atomic E-state index is 11.7. The number of benzene rings is 1. The van der Waals surface area contributed by atoms with Crippen molar-refractivity contribution in [1.29, 1.82) is 0 Å². The highest BCUT2D eigenvalue weighted by Gasteiger charge is 2.09. The predicted octanol–water partition coefficient (Wildman–Crippen LogP) is 0.827. The summed E-state index contributed by atoms with van der Waals surface area (Å²) in [5.74, 6) is -0.215. The molecule has 0 radical (unpaired) electrons. The maximum Gasteiger partial charge on any atom is 0.273 e. The van der Waals surface area contributed by atoms with E-state index >= 15 is 0 Å². The SMILES string of the molecule is Cl.NCCCNC(=O)c1cn(Cc2ccccc2)nn1. The van der Waals surface area contributed by atoms with Crippen molar-refractivity contribution < 1.29 is 4.79 Å². The highest BCUT2D eigenvalue weighted by atomic mass is 35.5. The third-order valence-electron chi connectivity index (χ3n) is 2.63. The number of carbonyl (C=O) groups is 1. The summed E-state index contributed by atoms with van der Waals surface area (Å²) in [4.78, 5) is 11.7. The van der Waals surface area contributed by atoms with Gasteiger partial charge < -0.3 is 11.1 Å². The molecule has 1 heterocycles. The van der Waals surface area contributed by atoms with E-state index in [9.17, 15) is 4.79 Å². The van der Waals surface area contributed by atoms with Crippen molar-refractivity contribution in [2.45, 2.75) is 13.0 Å². The van der Waals surface area contributed by atoms with E-state index in [1.54, 1.807) is 10.9 Å². The summed E-state index contributed by atoms with van der Waals surface area (Å²) in [6, 6.07) is 9.89. The first-order valence-corrected chi connectivity index (χ1v) is 6.22. The summed E-state index contributed by atoms with van der Waals surface area (Å²) in [6.07, 6.45) is 2.40. The average Bonchev–Trinajstić information content (AvgIpc) is 2.89. The Labute approximate surface area is 123 Å². The number of aromatic nitrogens is 3. The molecule has 6 nitrogen and oxygen atoms in total. The van der Waals surface area contributed by atoms with Crippen LogP contribution in [0.2, 0.25) is 0 Å². The molecule has 7 heteroatoms. The van der Waals surface area contributed by atoms with E-state index in [2.05, 4.69) is 15.6 Å². The van der Waals surface area contributed by atoms with Crippen LogP contribution < -0.4 is 11.1 Å². The van der Waals surface area contributed by atoms with E-state index in [1.807, 2.05) is 30.3 Å². The third-order valence-corrected chi connectivity index (χ3v) is 2.63. The van der Waals surface area contributed by atoms with E-state index in [0.29, 0.717) is 25.3 Å². The minimum atomic E-state index is -0.215. The Morgan fingerprint density at radius 2 is 2.05 bits per heavy atom. The first-order valence-electron chi connectivity index (χ1n) is 6.22. The molecule has 0 spiro atoms. The molecule has 3 N–H and O–H groups in total. The Balaban J connectivity index is 0.00000200. The standard InChI is InChI=1S/C13H17N5O.ClH/c14-7-4-8-15-13(19)12-10-18(17-16-12)9-11-5-2-1-3-6-11;/h1-3,5-6,10H,4,7-9,14H2,(H,15,19);1H. The van der Waals surface area contributed by atoms with Gasteiger partial charge in [-0.2, -0.15) is 0 Å². The normalized spacial score (nSPS) is 9.85. The number of carbonyl (C=O) groups excluding carboxylic acids is 1. The second-order valence-corrected chi connectivity index (χ2v) is 4.19. The molecule has 108 valence electrons. The van der Waals surface area contributed by atoms with Crippen molar-refractivity contribution in [3.63, 3.8) is 0 Å². The molecule has 1 aromatic heterocycles. The van der Waals surface area contributed by atoms with Crippen molar-refractivity contribution in [3.05, 3.63) is 47.8 Å². The summed E-state index contributed by atoms with van der Waals surface area (Å²) in [6.45, 7) is 1.71. The lowest BCUT2D eigenvalue weighted by atomic mass is 10.2.